The summed E-state index contributed by atoms with van der Waals surface area (Å²) < 4.78 is 5.48. The molecule has 2 aromatic rings. The van der Waals surface area contributed by atoms with Gasteiger partial charge in [0.15, 0.2) is 0 Å². The van der Waals surface area contributed by atoms with Crippen molar-refractivity contribution in [3.05, 3.63) is 65.2 Å². The van der Waals surface area contributed by atoms with Crippen LogP contribution in [-0.2, 0) is 19.1 Å². The summed E-state index contributed by atoms with van der Waals surface area (Å²) in [5.74, 6) is -1.31. The molecule has 1 fully saturated rings. The number of methoxy groups -OCH3 is 1. The minimum atomic E-state index is -1.95. The number of imide groups is 1. The van der Waals surface area contributed by atoms with Crippen molar-refractivity contribution in [3.8, 4) is 11.1 Å². The fraction of sp³-hybridized carbons (Fsp3) is 0.158. The fourth-order valence-corrected chi connectivity index (χ4v) is 3.91. The molecule has 0 radical (unpaired) electrons. The maximum Gasteiger partial charge on any atom is 0.295 e. The average Bonchev–Trinajstić information content (AvgIpc) is 3.08. The van der Waals surface area contributed by atoms with Gasteiger partial charge in [0.2, 0.25) is 5.60 Å². The zero-order valence-corrected chi connectivity index (χ0v) is 13.2. The molecule has 1 aliphatic heterocycles. The Morgan fingerprint density at radius 1 is 1.04 bits per heavy atom. The molecule has 1 N–H and O–H groups in total. The first kappa shape index (κ1) is 15.5. The fourth-order valence-electron chi connectivity index (χ4n) is 3.91. The number of hydroxylamine groups is 2. The third kappa shape index (κ3) is 1.73. The van der Waals surface area contributed by atoms with Crippen LogP contribution >= 0.6 is 0 Å². The van der Waals surface area contributed by atoms with Gasteiger partial charge in [0.25, 0.3) is 11.8 Å². The number of hydrogen-bond acceptors (Lipinski definition) is 5. The van der Waals surface area contributed by atoms with Gasteiger partial charge in [0, 0.05) is 7.11 Å². The molecule has 0 spiro atoms. The third-order valence-electron chi connectivity index (χ3n) is 4.95. The standard InChI is InChI=1S/C19H13NO5/c1-25-19(15(10-21)17(22)20(24)18(19)23)16-13-8-4-2-6-11(13)12-7-3-5-9-14(12)16/h2-9,16,24H,1H3. The molecular weight excluding hydrogens is 322 g/mol. The Balaban J connectivity index is 2.08. The Bertz CT molecular complexity index is 930. The van der Waals surface area contributed by atoms with Crippen LogP contribution in [0.5, 0.6) is 0 Å². The summed E-state index contributed by atoms with van der Waals surface area (Å²) in [6.45, 7) is 0. The molecule has 2 aromatic carbocycles. The lowest BCUT2D eigenvalue weighted by Gasteiger charge is -2.31. The minimum absolute atomic E-state index is 0.0622. The first-order valence-corrected chi connectivity index (χ1v) is 7.64. The lowest BCUT2D eigenvalue weighted by molar-refractivity contribution is -0.178. The zero-order chi connectivity index (χ0) is 17.8. The molecule has 1 unspecified atom stereocenters. The summed E-state index contributed by atoms with van der Waals surface area (Å²) >= 11 is 0. The van der Waals surface area contributed by atoms with Crippen LogP contribution in [0.3, 0.4) is 0 Å². The predicted octanol–water partition coefficient (Wildman–Crippen LogP) is 1.70. The molecule has 6 nitrogen and oxygen atoms in total. The topological polar surface area (TPSA) is 83.9 Å². The van der Waals surface area contributed by atoms with Crippen molar-refractivity contribution < 1.29 is 24.3 Å². The number of ether oxygens (including phenoxy) is 1. The van der Waals surface area contributed by atoms with Gasteiger partial charge in [-0.05, 0) is 22.3 Å². The van der Waals surface area contributed by atoms with Gasteiger partial charge in [-0.3, -0.25) is 14.8 Å². The highest BCUT2D eigenvalue weighted by atomic mass is 16.6. The molecule has 4 rings (SSSR count). The van der Waals surface area contributed by atoms with Gasteiger partial charge in [0.05, 0.1) is 5.92 Å². The highest BCUT2D eigenvalue weighted by Gasteiger charge is 2.64. The molecule has 1 saturated heterocycles. The van der Waals surface area contributed by atoms with E-state index in [1.54, 1.807) is 0 Å². The molecule has 2 aliphatic rings. The summed E-state index contributed by atoms with van der Waals surface area (Å²) in [4.78, 5) is 36.5. The first-order valence-electron chi connectivity index (χ1n) is 7.64. The molecule has 1 aliphatic carbocycles. The SMILES string of the molecule is COC1(C2c3ccccc3-c3ccccc32)C(=O)N(O)C(=O)C1=C=O. The van der Waals surface area contributed by atoms with E-state index in [0.717, 1.165) is 22.3 Å². The largest absolute Gasteiger partial charge is 0.362 e. The van der Waals surface area contributed by atoms with Crippen molar-refractivity contribution in [3.63, 3.8) is 0 Å². The smallest absolute Gasteiger partial charge is 0.295 e. The Hall–Kier alpha value is -3.05. The summed E-state index contributed by atoms with van der Waals surface area (Å²) in [6, 6.07) is 14.8. The van der Waals surface area contributed by atoms with Gasteiger partial charge in [-0.15, -0.1) is 5.06 Å². The van der Waals surface area contributed by atoms with E-state index in [9.17, 15) is 19.6 Å². The van der Waals surface area contributed by atoms with Crippen LogP contribution in [0.15, 0.2) is 54.1 Å². The Kier molecular flexibility index (Phi) is 3.23. The molecule has 0 aromatic heterocycles. The van der Waals surface area contributed by atoms with Gasteiger partial charge in [-0.25, -0.2) is 4.79 Å². The third-order valence-corrected chi connectivity index (χ3v) is 4.95. The number of benzene rings is 2. The molecule has 1 heterocycles. The van der Waals surface area contributed by atoms with Gasteiger partial charge in [0.1, 0.15) is 11.5 Å². The highest BCUT2D eigenvalue weighted by Crippen LogP contribution is 2.54. The van der Waals surface area contributed by atoms with Crippen LogP contribution in [0.4, 0.5) is 0 Å². The second-order valence-corrected chi connectivity index (χ2v) is 5.95. The lowest BCUT2D eigenvalue weighted by Crippen LogP contribution is -2.47. The lowest BCUT2D eigenvalue weighted by atomic mass is 9.76. The number of fused-ring (bicyclic) bond motifs is 3. The van der Waals surface area contributed by atoms with Crippen molar-refractivity contribution in [2.75, 3.05) is 7.11 Å². The number of hydrogen-bond donors (Lipinski definition) is 1. The summed E-state index contributed by atoms with van der Waals surface area (Å²) in [5.41, 5.74) is 0.794. The van der Waals surface area contributed by atoms with Gasteiger partial charge < -0.3 is 4.74 Å². The van der Waals surface area contributed by atoms with Gasteiger partial charge >= 0.3 is 0 Å². The Morgan fingerprint density at radius 3 is 2.04 bits per heavy atom. The van der Waals surface area contributed by atoms with E-state index in [4.69, 9.17) is 4.74 Å². The van der Waals surface area contributed by atoms with E-state index in [1.807, 2.05) is 48.5 Å². The Labute approximate surface area is 142 Å². The molecule has 0 saturated carbocycles. The van der Waals surface area contributed by atoms with Gasteiger partial charge in [-0.1, -0.05) is 48.5 Å². The van der Waals surface area contributed by atoms with E-state index in [-0.39, 0.29) is 5.06 Å². The number of carbonyl (C=O) groups excluding carboxylic acids is 3. The quantitative estimate of drug-likeness (QED) is 0.391. The normalized spacial score (nSPS) is 22.2. The van der Waals surface area contributed by atoms with Crippen molar-refractivity contribution in [2.24, 2.45) is 0 Å². The molecular formula is C19H13NO5. The van der Waals surface area contributed by atoms with Crippen molar-refractivity contribution in [2.45, 2.75) is 11.5 Å². The van der Waals surface area contributed by atoms with E-state index in [2.05, 4.69) is 0 Å². The number of rotatable bonds is 2. The molecule has 0 bridgehead atoms. The zero-order valence-electron chi connectivity index (χ0n) is 13.2. The van der Waals surface area contributed by atoms with Crippen LogP contribution in [0.25, 0.3) is 11.1 Å². The molecule has 6 heteroatoms. The van der Waals surface area contributed by atoms with Crippen LogP contribution in [0.1, 0.15) is 17.0 Å². The summed E-state index contributed by atoms with van der Waals surface area (Å²) in [6.07, 6.45) is 0. The van der Waals surface area contributed by atoms with Crippen LogP contribution in [-0.4, -0.2) is 40.7 Å². The van der Waals surface area contributed by atoms with Crippen LogP contribution in [0, 0.1) is 0 Å². The maximum absolute atomic E-state index is 12.8. The molecule has 25 heavy (non-hydrogen) atoms. The molecule has 2 amide bonds. The number of carbonyl (C=O) groups is 2. The van der Waals surface area contributed by atoms with E-state index < -0.39 is 28.9 Å². The minimum Gasteiger partial charge on any atom is -0.362 e. The Morgan fingerprint density at radius 2 is 1.56 bits per heavy atom. The maximum atomic E-state index is 12.8. The molecule has 1 atom stereocenters. The van der Waals surface area contributed by atoms with Crippen LogP contribution < -0.4 is 0 Å². The summed E-state index contributed by atoms with van der Waals surface area (Å²) in [5, 5.41) is 9.78. The number of amides is 2. The van der Waals surface area contributed by atoms with Crippen molar-refractivity contribution >= 4 is 17.8 Å². The predicted molar refractivity (Wildman–Crippen MR) is 86.3 cm³/mol. The van der Waals surface area contributed by atoms with E-state index >= 15 is 0 Å². The second-order valence-electron chi connectivity index (χ2n) is 5.95. The molecule has 124 valence electrons. The van der Waals surface area contributed by atoms with E-state index in [0.29, 0.717) is 0 Å². The first-order chi connectivity index (χ1) is 12.1. The van der Waals surface area contributed by atoms with Gasteiger partial charge in [-0.2, -0.15) is 0 Å². The van der Waals surface area contributed by atoms with Crippen LogP contribution in [0.2, 0.25) is 0 Å². The monoisotopic (exact) mass is 335 g/mol. The second kappa shape index (κ2) is 5.22. The number of nitrogens with zero attached hydrogens (tertiary/aromatic N) is 1. The van der Waals surface area contributed by atoms with Crippen molar-refractivity contribution in [1.29, 1.82) is 0 Å². The highest BCUT2D eigenvalue weighted by molar-refractivity contribution is 6.22. The van der Waals surface area contributed by atoms with E-state index in [1.165, 1.54) is 13.1 Å². The average molecular weight is 335 g/mol. The summed E-state index contributed by atoms with van der Waals surface area (Å²) in [7, 11) is 1.24. The van der Waals surface area contributed by atoms with Crippen molar-refractivity contribution in [1.82, 2.24) is 5.06 Å².